The Kier molecular flexibility index (Phi) is 2.72. The zero-order chi connectivity index (χ0) is 15.1. The molecule has 0 amide bonds. The van der Waals surface area contributed by atoms with Crippen LogP contribution in [0.2, 0.25) is 0 Å². The SMILES string of the molecule is COc1ccc2cc(-c3nc4ccccc4o3)c(=O)oc2c1. The molecule has 108 valence electrons. The highest BCUT2D eigenvalue weighted by atomic mass is 16.5. The molecule has 2 aromatic heterocycles. The van der Waals surface area contributed by atoms with Crippen molar-refractivity contribution in [3.05, 3.63) is 59.0 Å². The molecule has 0 aliphatic rings. The highest BCUT2D eigenvalue weighted by Gasteiger charge is 2.14. The summed E-state index contributed by atoms with van der Waals surface area (Å²) in [5.74, 6) is 0.887. The van der Waals surface area contributed by atoms with Gasteiger partial charge in [0.05, 0.1) is 7.11 Å². The lowest BCUT2D eigenvalue weighted by molar-refractivity contribution is 0.414. The summed E-state index contributed by atoms with van der Waals surface area (Å²) in [4.78, 5) is 16.5. The lowest BCUT2D eigenvalue weighted by Gasteiger charge is -2.02. The van der Waals surface area contributed by atoms with E-state index in [0.29, 0.717) is 28.0 Å². The molecule has 0 saturated carbocycles. The second-order valence-corrected chi connectivity index (χ2v) is 4.84. The number of oxazole rings is 1. The Bertz CT molecular complexity index is 1010. The largest absolute Gasteiger partial charge is 0.497 e. The lowest BCUT2D eigenvalue weighted by Crippen LogP contribution is -2.02. The van der Waals surface area contributed by atoms with Crippen molar-refractivity contribution < 1.29 is 13.6 Å². The number of hydrogen-bond acceptors (Lipinski definition) is 5. The van der Waals surface area contributed by atoms with Gasteiger partial charge in [0.15, 0.2) is 5.58 Å². The molecule has 0 N–H and O–H groups in total. The van der Waals surface area contributed by atoms with Crippen molar-refractivity contribution in [1.82, 2.24) is 4.98 Å². The molecule has 0 atom stereocenters. The van der Waals surface area contributed by atoms with Gasteiger partial charge in [0.2, 0.25) is 5.89 Å². The number of benzene rings is 2. The second-order valence-electron chi connectivity index (χ2n) is 4.84. The molecule has 4 aromatic rings. The number of nitrogens with zero attached hydrogens (tertiary/aromatic N) is 1. The summed E-state index contributed by atoms with van der Waals surface area (Å²) in [6.07, 6.45) is 0. The van der Waals surface area contributed by atoms with Gasteiger partial charge in [0.25, 0.3) is 0 Å². The predicted octanol–water partition coefficient (Wildman–Crippen LogP) is 3.61. The third-order valence-electron chi connectivity index (χ3n) is 3.47. The van der Waals surface area contributed by atoms with Crippen LogP contribution in [0.4, 0.5) is 0 Å². The minimum Gasteiger partial charge on any atom is -0.497 e. The summed E-state index contributed by atoms with van der Waals surface area (Å²) in [5.41, 5.74) is 1.60. The van der Waals surface area contributed by atoms with E-state index in [4.69, 9.17) is 13.6 Å². The first-order chi connectivity index (χ1) is 10.7. The van der Waals surface area contributed by atoms with Gasteiger partial charge in [-0.2, -0.15) is 0 Å². The van der Waals surface area contributed by atoms with Crippen LogP contribution >= 0.6 is 0 Å². The number of rotatable bonds is 2. The minimum atomic E-state index is -0.493. The first kappa shape index (κ1) is 12.6. The van der Waals surface area contributed by atoms with E-state index in [-0.39, 0.29) is 5.89 Å². The molecular formula is C17H11NO4. The Balaban J connectivity index is 1.94. The number of methoxy groups -OCH3 is 1. The van der Waals surface area contributed by atoms with Crippen LogP contribution < -0.4 is 10.4 Å². The van der Waals surface area contributed by atoms with Gasteiger partial charge >= 0.3 is 5.63 Å². The molecule has 5 heteroatoms. The monoisotopic (exact) mass is 293 g/mol. The van der Waals surface area contributed by atoms with E-state index in [2.05, 4.69) is 4.98 Å². The molecular weight excluding hydrogens is 282 g/mol. The van der Waals surface area contributed by atoms with E-state index >= 15 is 0 Å². The molecule has 0 unspecified atom stereocenters. The quantitative estimate of drug-likeness (QED) is 0.528. The van der Waals surface area contributed by atoms with Gasteiger partial charge in [0, 0.05) is 11.5 Å². The topological polar surface area (TPSA) is 65.5 Å². The molecule has 0 aliphatic heterocycles. The van der Waals surface area contributed by atoms with Crippen molar-refractivity contribution >= 4 is 22.1 Å². The van der Waals surface area contributed by atoms with Gasteiger partial charge in [-0.05, 0) is 30.3 Å². The van der Waals surface area contributed by atoms with Crippen LogP contribution in [0, 0.1) is 0 Å². The van der Waals surface area contributed by atoms with E-state index in [1.807, 2.05) is 24.3 Å². The maximum atomic E-state index is 12.2. The fraction of sp³-hybridized carbons (Fsp3) is 0.0588. The summed E-state index contributed by atoms with van der Waals surface area (Å²) < 4.78 is 16.1. The van der Waals surface area contributed by atoms with Gasteiger partial charge in [-0.15, -0.1) is 0 Å². The summed E-state index contributed by atoms with van der Waals surface area (Å²) in [7, 11) is 1.56. The molecule has 22 heavy (non-hydrogen) atoms. The predicted molar refractivity (Wildman–Crippen MR) is 82.0 cm³/mol. The highest BCUT2D eigenvalue weighted by molar-refractivity contribution is 5.83. The normalized spacial score (nSPS) is 11.1. The smallest absolute Gasteiger partial charge is 0.349 e. The molecule has 0 aliphatic carbocycles. The molecule has 5 nitrogen and oxygen atoms in total. The van der Waals surface area contributed by atoms with Gasteiger partial charge < -0.3 is 13.6 Å². The molecule has 0 radical (unpaired) electrons. The molecule has 2 heterocycles. The molecule has 2 aromatic carbocycles. The Morgan fingerprint density at radius 2 is 1.86 bits per heavy atom. The number of hydrogen-bond donors (Lipinski definition) is 0. The standard InChI is InChI=1S/C17H11NO4/c1-20-11-7-6-10-8-12(17(19)22-15(10)9-11)16-18-13-4-2-3-5-14(13)21-16/h2-9H,1H3. The molecule has 0 fully saturated rings. The number of aromatic nitrogens is 1. The lowest BCUT2D eigenvalue weighted by atomic mass is 10.2. The third kappa shape index (κ3) is 1.95. The van der Waals surface area contributed by atoms with Gasteiger partial charge in [-0.25, -0.2) is 9.78 Å². The average Bonchev–Trinajstić information content (AvgIpc) is 2.97. The third-order valence-corrected chi connectivity index (χ3v) is 3.47. The zero-order valence-corrected chi connectivity index (χ0v) is 11.7. The van der Waals surface area contributed by atoms with E-state index in [0.717, 1.165) is 5.39 Å². The first-order valence-corrected chi connectivity index (χ1v) is 6.72. The number of ether oxygens (including phenoxy) is 1. The van der Waals surface area contributed by atoms with Crippen LogP contribution in [0.5, 0.6) is 5.75 Å². The van der Waals surface area contributed by atoms with Crippen LogP contribution in [0.1, 0.15) is 0 Å². The highest BCUT2D eigenvalue weighted by Crippen LogP contribution is 2.26. The van der Waals surface area contributed by atoms with Crippen LogP contribution in [0.25, 0.3) is 33.5 Å². The molecule has 0 saturated heterocycles. The van der Waals surface area contributed by atoms with Crippen molar-refractivity contribution in [2.75, 3.05) is 7.11 Å². The van der Waals surface area contributed by atoms with Crippen LogP contribution in [0.15, 0.2) is 62.2 Å². The number of fused-ring (bicyclic) bond motifs is 2. The van der Waals surface area contributed by atoms with E-state index in [1.54, 1.807) is 31.4 Å². The van der Waals surface area contributed by atoms with Crippen LogP contribution in [-0.2, 0) is 0 Å². The summed E-state index contributed by atoms with van der Waals surface area (Å²) in [6.45, 7) is 0. The molecule has 0 bridgehead atoms. The van der Waals surface area contributed by atoms with Crippen molar-refractivity contribution in [1.29, 1.82) is 0 Å². The van der Waals surface area contributed by atoms with Gasteiger partial charge in [-0.1, -0.05) is 12.1 Å². The van der Waals surface area contributed by atoms with E-state index in [1.165, 1.54) is 0 Å². The number of para-hydroxylation sites is 2. The maximum absolute atomic E-state index is 12.2. The second kappa shape index (κ2) is 4.73. The summed E-state index contributed by atoms with van der Waals surface area (Å²) >= 11 is 0. The maximum Gasteiger partial charge on any atom is 0.349 e. The Morgan fingerprint density at radius 3 is 2.68 bits per heavy atom. The van der Waals surface area contributed by atoms with Gasteiger partial charge in [-0.3, -0.25) is 0 Å². The fourth-order valence-electron chi connectivity index (χ4n) is 2.36. The zero-order valence-electron chi connectivity index (χ0n) is 11.7. The first-order valence-electron chi connectivity index (χ1n) is 6.72. The summed E-state index contributed by atoms with van der Waals surface area (Å²) in [5, 5.41) is 0.776. The van der Waals surface area contributed by atoms with Crippen molar-refractivity contribution in [2.45, 2.75) is 0 Å². The minimum absolute atomic E-state index is 0.257. The van der Waals surface area contributed by atoms with E-state index < -0.39 is 5.63 Å². The average molecular weight is 293 g/mol. The molecule has 0 spiro atoms. The van der Waals surface area contributed by atoms with E-state index in [9.17, 15) is 4.79 Å². The van der Waals surface area contributed by atoms with Crippen LogP contribution in [-0.4, -0.2) is 12.1 Å². The summed E-state index contributed by atoms with van der Waals surface area (Å²) in [6, 6.07) is 14.4. The van der Waals surface area contributed by atoms with Gasteiger partial charge in [0.1, 0.15) is 22.4 Å². The Hall–Kier alpha value is -3.08. The fourth-order valence-corrected chi connectivity index (χ4v) is 2.36. The van der Waals surface area contributed by atoms with Crippen molar-refractivity contribution in [2.24, 2.45) is 0 Å². The van der Waals surface area contributed by atoms with Crippen LogP contribution in [0.3, 0.4) is 0 Å². The Labute approximate surface area is 124 Å². The van der Waals surface area contributed by atoms with Crippen molar-refractivity contribution in [3.8, 4) is 17.2 Å². The molecule has 4 rings (SSSR count). The Morgan fingerprint density at radius 1 is 1.00 bits per heavy atom. The van der Waals surface area contributed by atoms with Crippen molar-refractivity contribution in [3.63, 3.8) is 0 Å².